The van der Waals surface area contributed by atoms with Crippen LogP contribution in [0.5, 0.6) is 5.75 Å². The van der Waals surface area contributed by atoms with Crippen LogP contribution in [0, 0.1) is 11.7 Å². The zero-order valence-electron chi connectivity index (χ0n) is 17.3. The van der Waals surface area contributed by atoms with Crippen LogP contribution in [0.4, 0.5) is 4.39 Å². The normalized spacial score (nSPS) is 15.3. The van der Waals surface area contributed by atoms with Gasteiger partial charge in [-0.25, -0.2) is 12.8 Å². The molecule has 1 saturated heterocycles. The Morgan fingerprint density at radius 1 is 1.13 bits per heavy atom. The van der Waals surface area contributed by atoms with Gasteiger partial charge in [0.1, 0.15) is 11.6 Å². The van der Waals surface area contributed by atoms with E-state index in [2.05, 4.69) is 11.9 Å². The summed E-state index contributed by atoms with van der Waals surface area (Å²) >= 11 is 0. The topological polar surface area (TPSA) is 76.6 Å². The summed E-state index contributed by atoms with van der Waals surface area (Å²) in [6, 6.07) is 9.64. The van der Waals surface area contributed by atoms with Gasteiger partial charge >= 0.3 is 0 Å². The Morgan fingerprint density at radius 2 is 1.81 bits per heavy atom. The molecule has 0 aliphatic carbocycles. The van der Waals surface area contributed by atoms with Crippen molar-refractivity contribution in [2.24, 2.45) is 5.92 Å². The molecule has 0 unspecified atom stereocenters. The molecule has 4 rings (SSSR count). The number of benzene rings is 2. The molecule has 162 valence electrons. The van der Waals surface area contributed by atoms with E-state index in [-0.39, 0.29) is 20.7 Å². The lowest BCUT2D eigenvalue weighted by Crippen LogP contribution is -2.38. The van der Waals surface area contributed by atoms with Crippen molar-refractivity contribution in [1.29, 1.82) is 0 Å². The van der Waals surface area contributed by atoms with Crippen molar-refractivity contribution >= 4 is 26.6 Å². The highest BCUT2D eigenvalue weighted by molar-refractivity contribution is 7.91. The summed E-state index contributed by atoms with van der Waals surface area (Å²) in [7, 11) is -2.66. The van der Waals surface area contributed by atoms with Crippen molar-refractivity contribution in [2.75, 3.05) is 20.2 Å². The van der Waals surface area contributed by atoms with Crippen molar-refractivity contribution in [3.8, 4) is 5.75 Å². The molecule has 1 aromatic heterocycles. The quantitative estimate of drug-likeness (QED) is 0.608. The van der Waals surface area contributed by atoms with Crippen LogP contribution in [0.2, 0.25) is 0 Å². The molecule has 0 N–H and O–H groups in total. The zero-order valence-corrected chi connectivity index (χ0v) is 18.2. The minimum absolute atomic E-state index is 0.00798. The number of carbonyl (C=O) groups is 1. The second-order valence-corrected chi connectivity index (χ2v) is 9.70. The van der Waals surface area contributed by atoms with Crippen molar-refractivity contribution < 1.29 is 22.3 Å². The fraction of sp³-hybridized carbons (Fsp3) is 0.304. The van der Waals surface area contributed by atoms with E-state index >= 15 is 0 Å². The lowest BCUT2D eigenvalue weighted by atomic mass is 9.98. The van der Waals surface area contributed by atoms with E-state index in [1.165, 1.54) is 49.7 Å². The number of likely N-dealkylation sites (tertiary alicyclic amines) is 1. The van der Waals surface area contributed by atoms with Gasteiger partial charge in [0.2, 0.25) is 9.84 Å². The molecule has 3 aromatic rings. The Labute approximate surface area is 180 Å². The predicted molar refractivity (Wildman–Crippen MR) is 114 cm³/mol. The third kappa shape index (κ3) is 3.99. The van der Waals surface area contributed by atoms with Crippen molar-refractivity contribution in [2.45, 2.75) is 29.6 Å². The molecular weight excluding hydrogens is 419 g/mol. The van der Waals surface area contributed by atoms with Gasteiger partial charge in [-0.2, -0.15) is 0 Å². The summed E-state index contributed by atoms with van der Waals surface area (Å²) in [5, 5.41) is 0.0899. The Morgan fingerprint density at radius 3 is 2.45 bits per heavy atom. The molecule has 8 heteroatoms. The summed E-state index contributed by atoms with van der Waals surface area (Å²) < 4.78 is 46.5. The molecule has 0 atom stereocenters. The second-order valence-electron chi connectivity index (χ2n) is 7.82. The third-order valence-electron chi connectivity index (χ3n) is 5.72. The first-order valence-electron chi connectivity index (χ1n) is 10.1. The first-order chi connectivity index (χ1) is 14.8. The number of halogens is 1. The number of piperidine rings is 1. The number of pyridine rings is 1. The lowest BCUT2D eigenvalue weighted by molar-refractivity contribution is 0.0693. The predicted octanol–water partition coefficient (Wildman–Crippen LogP) is 4.09. The van der Waals surface area contributed by atoms with Crippen molar-refractivity contribution in [1.82, 2.24) is 9.88 Å². The Balaban J connectivity index is 1.91. The molecule has 1 fully saturated rings. The fourth-order valence-electron chi connectivity index (χ4n) is 3.84. The van der Waals surface area contributed by atoms with Gasteiger partial charge in [-0.1, -0.05) is 6.92 Å². The van der Waals surface area contributed by atoms with Crippen LogP contribution in [-0.2, 0) is 9.84 Å². The number of amides is 1. The smallest absolute Gasteiger partial charge is 0.256 e. The van der Waals surface area contributed by atoms with Crippen molar-refractivity contribution in [3.63, 3.8) is 0 Å². The summed E-state index contributed by atoms with van der Waals surface area (Å²) in [6.07, 6.45) is 2.99. The molecule has 0 bridgehead atoms. The van der Waals surface area contributed by atoms with Crippen LogP contribution in [0.3, 0.4) is 0 Å². The minimum Gasteiger partial charge on any atom is -0.497 e. The Hall–Kier alpha value is -3.00. The number of hydrogen-bond acceptors (Lipinski definition) is 5. The number of nitrogens with zero attached hydrogens (tertiary/aromatic N) is 2. The van der Waals surface area contributed by atoms with E-state index in [0.29, 0.717) is 30.3 Å². The van der Waals surface area contributed by atoms with E-state index in [9.17, 15) is 17.6 Å². The van der Waals surface area contributed by atoms with Crippen LogP contribution in [0.25, 0.3) is 10.9 Å². The summed E-state index contributed by atoms with van der Waals surface area (Å²) in [5.74, 6) is 0.00761. The monoisotopic (exact) mass is 442 g/mol. The summed E-state index contributed by atoms with van der Waals surface area (Å²) in [4.78, 5) is 19.0. The van der Waals surface area contributed by atoms with Crippen LogP contribution in [0.15, 0.2) is 58.5 Å². The maximum Gasteiger partial charge on any atom is 0.256 e. The molecule has 1 aliphatic rings. The van der Waals surface area contributed by atoms with Crippen LogP contribution >= 0.6 is 0 Å². The highest BCUT2D eigenvalue weighted by Gasteiger charge is 2.31. The number of methoxy groups -OCH3 is 1. The van der Waals surface area contributed by atoms with Gasteiger partial charge in [0.15, 0.2) is 0 Å². The lowest BCUT2D eigenvalue weighted by Gasteiger charge is -2.30. The summed E-state index contributed by atoms with van der Waals surface area (Å²) in [5.41, 5.74) is 0.265. The van der Waals surface area contributed by atoms with Crippen LogP contribution < -0.4 is 4.74 Å². The fourth-order valence-corrected chi connectivity index (χ4v) is 5.45. The number of fused-ring (bicyclic) bond motifs is 1. The highest BCUT2D eigenvalue weighted by atomic mass is 32.2. The highest BCUT2D eigenvalue weighted by Crippen LogP contribution is 2.33. The zero-order chi connectivity index (χ0) is 22.2. The van der Waals surface area contributed by atoms with E-state index < -0.39 is 21.6 Å². The van der Waals surface area contributed by atoms with E-state index in [1.54, 1.807) is 4.90 Å². The number of aromatic nitrogens is 1. The summed E-state index contributed by atoms with van der Waals surface area (Å²) in [6.45, 7) is 3.22. The average Bonchev–Trinajstić information content (AvgIpc) is 2.78. The molecule has 0 spiro atoms. The Kier molecular flexibility index (Phi) is 5.66. The number of carbonyl (C=O) groups excluding carboxylic acids is 1. The van der Waals surface area contributed by atoms with Gasteiger partial charge in [0.05, 0.1) is 28.0 Å². The maximum absolute atomic E-state index is 14.1. The molecule has 2 aromatic carbocycles. The largest absolute Gasteiger partial charge is 0.497 e. The standard InChI is InChI=1S/C23H23FN2O4S/c1-15-9-11-26(12-10-15)23(27)20-14-25-21-8-3-16(24)13-19(21)22(20)31(28,29)18-6-4-17(30-2)5-7-18/h3-8,13-15H,9-12H2,1-2H3. The van der Waals surface area contributed by atoms with E-state index in [0.717, 1.165) is 18.9 Å². The number of ether oxygens (including phenoxy) is 1. The van der Waals surface area contributed by atoms with Crippen molar-refractivity contribution in [3.05, 3.63) is 60.0 Å². The number of sulfone groups is 1. The number of hydrogen-bond donors (Lipinski definition) is 0. The molecule has 6 nitrogen and oxygen atoms in total. The Bertz CT molecular complexity index is 1230. The number of rotatable bonds is 4. The molecule has 2 heterocycles. The van der Waals surface area contributed by atoms with Crippen LogP contribution in [-0.4, -0.2) is 44.4 Å². The van der Waals surface area contributed by atoms with Gasteiger partial charge in [-0.05, 0) is 61.2 Å². The van der Waals surface area contributed by atoms with Crippen LogP contribution in [0.1, 0.15) is 30.1 Å². The first-order valence-corrected chi connectivity index (χ1v) is 11.6. The van der Waals surface area contributed by atoms with Gasteiger partial charge in [0.25, 0.3) is 5.91 Å². The van der Waals surface area contributed by atoms with Gasteiger partial charge in [0, 0.05) is 24.7 Å². The van der Waals surface area contributed by atoms with E-state index in [4.69, 9.17) is 4.74 Å². The maximum atomic E-state index is 14.1. The van der Waals surface area contributed by atoms with Gasteiger partial charge in [-0.15, -0.1) is 0 Å². The molecular formula is C23H23FN2O4S. The molecule has 1 aliphatic heterocycles. The molecule has 31 heavy (non-hydrogen) atoms. The first kappa shape index (κ1) is 21.2. The van der Waals surface area contributed by atoms with Gasteiger partial charge < -0.3 is 9.64 Å². The third-order valence-corrected chi connectivity index (χ3v) is 7.59. The molecule has 0 saturated carbocycles. The SMILES string of the molecule is COc1ccc(S(=O)(=O)c2c(C(=O)N3CCC(C)CC3)cnc3ccc(F)cc23)cc1. The van der Waals surface area contributed by atoms with E-state index in [1.807, 2.05) is 0 Å². The second kappa shape index (κ2) is 8.26. The minimum atomic E-state index is -4.14. The average molecular weight is 443 g/mol. The molecule has 0 radical (unpaired) electrons. The van der Waals surface area contributed by atoms with Gasteiger partial charge in [-0.3, -0.25) is 9.78 Å². The molecule has 1 amide bonds.